The van der Waals surface area contributed by atoms with Gasteiger partial charge in [0.1, 0.15) is 19.3 Å². The largest absolute Gasteiger partial charge is 0.502 e. The highest BCUT2D eigenvalue weighted by Gasteiger charge is 2.17. The van der Waals surface area contributed by atoms with Crippen LogP contribution in [0.3, 0.4) is 0 Å². The van der Waals surface area contributed by atoms with E-state index in [9.17, 15) is 9.90 Å². The van der Waals surface area contributed by atoms with E-state index in [0.717, 1.165) is 22.3 Å². The summed E-state index contributed by atoms with van der Waals surface area (Å²) < 4.78 is 5.37. The summed E-state index contributed by atoms with van der Waals surface area (Å²) in [5.74, 6) is -0.664. The second kappa shape index (κ2) is 7.84. The molecule has 0 bridgehead atoms. The molecule has 6 heteroatoms. The molecule has 1 N–H and O–H groups in total. The Labute approximate surface area is 164 Å². The fraction of sp³-hybridized carbons (Fsp3) is 0.143. The number of pyridine rings is 1. The molecule has 0 spiro atoms. The second-order valence-corrected chi connectivity index (χ2v) is 6.53. The number of nitrogens with zero attached hydrogens (tertiary/aromatic N) is 1. The topological polar surface area (TPSA) is 59.4 Å². The smallest absolute Gasteiger partial charge is 0.354 e. The summed E-state index contributed by atoms with van der Waals surface area (Å²) in [5.41, 5.74) is 5.23. The maximum absolute atomic E-state index is 11.5. The fourth-order valence-electron chi connectivity index (χ4n) is 3.09. The Morgan fingerprint density at radius 3 is 2.48 bits per heavy atom. The van der Waals surface area contributed by atoms with Crippen molar-refractivity contribution in [1.29, 1.82) is 0 Å². The van der Waals surface area contributed by atoms with E-state index in [-0.39, 0.29) is 12.2 Å². The van der Waals surface area contributed by atoms with Gasteiger partial charge in [-0.15, -0.1) is 0 Å². The van der Waals surface area contributed by atoms with Crippen molar-refractivity contribution in [2.24, 2.45) is 0 Å². The zero-order valence-corrected chi connectivity index (χ0v) is 15.7. The zero-order chi connectivity index (χ0) is 19.6. The summed E-state index contributed by atoms with van der Waals surface area (Å²) in [7, 11) is 5.47. The van der Waals surface area contributed by atoms with E-state index in [1.54, 1.807) is 24.3 Å². The standard InChI is InChI=1S/C21H17BClNO3/c1-12-4-3-5-13(2)19(12)15-7-9-17(21(25)26)24-20(15)14-6-8-16(23)18(10-14)27-11-22/h3-10H,11H2,1-2H3,(H,25,26). The average Bonchev–Trinajstić information content (AvgIpc) is 2.63. The zero-order valence-electron chi connectivity index (χ0n) is 15.0. The molecule has 4 nitrogen and oxygen atoms in total. The molecular formula is C21H17BClNO3. The molecular weight excluding hydrogens is 361 g/mol. The van der Waals surface area contributed by atoms with E-state index < -0.39 is 5.97 Å². The number of hydrogen-bond acceptors (Lipinski definition) is 3. The number of hydrogen-bond donors (Lipinski definition) is 1. The van der Waals surface area contributed by atoms with Crippen LogP contribution in [0.15, 0.2) is 48.5 Å². The molecule has 0 saturated carbocycles. The third kappa shape index (κ3) is 3.83. The van der Waals surface area contributed by atoms with Gasteiger partial charge in [0.2, 0.25) is 0 Å². The molecule has 27 heavy (non-hydrogen) atoms. The second-order valence-electron chi connectivity index (χ2n) is 6.12. The minimum atomic E-state index is -1.09. The Hall–Kier alpha value is -2.79. The first-order valence-corrected chi connectivity index (χ1v) is 8.74. The molecule has 0 aliphatic rings. The molecule has 1 aromatic heterocycles. The number of carboxylic acids is 1. The predicted octanol–water partition coefficient (Wildman–Crippen LogP) is 4.89. The summed E-state index contributed by atoms with van der Waals surface area (Å²) in [6.07, 6.45) is 0. The Bertz CT molecular complexity index is 1000. The number of aryl methyl sites for hydroxylation is 2. The first-order chi connectivity index (χ1) is 12.9. The summed E-state index contributed by atoms with van der Waals surface area (Å²) >= 11 is 6.16. The number of ether oxygens (including phenoxy) is 1. The lowest BCUT2D eigenvalue weighted by molar-refractivity contribution is 0.0690. The summed E-state index contributed by atoms with van der Waals surface area (Å²) in [6.45, 7) is 4.01. The quantitative estimate of drug-likeness (QED) is 0.643. The molecule has 0 aliphatic heterocycles. The molecule has 2 aromatic carbocycles. The lowest BCUT2D eigenvalue weighted by atomic mass is 9.92. The first kappa shape index (κ1) is 19.0. The van der Waals surface area contributed by atoms with Crippen molar-refractivity contribution in [2.75, 3.05) is 6.51 Å². The van der Waals surface area contributed by atoms with Crippen LogP contribution >= 0.6 is 11.6 Å². The van der Waals surface area contributed by atoms with Gasteiger partial charge in [-0.05, 0) is 54.8 Å². The molecule has 2 radical (unpaired) electrons. The highest BCUT2D eigenvalue weighted by atomic mass is 35.5. The predicted molar refractivity (Wildman–Crippen MR) is 108 cm³/mol. The van der Waals surface area contributed by atoms with Gasteiger partial charge in [0, 0.05) is 17.6 Å². The van der Waals surface area contributed by atoms with Crippen LogP contribution in [0.4, 0.5) is 0 Å². The van der Waals surface area contributed by atoms with Crippen molar-refractivity contribution in [1.82, 2.24) is 4.98 Å². The Morgan fingerprint density at radius 2 is 1.85 bits per heavy atom. The molecule has 3 aromatic rings. The van der Waals surface area contributed by atoms with E-state index >= 15 is 0 Å². The van der Waals surface area contributed by atoms with Crippen LogP contribution in [0.25, 0.3) is 22.4 Å². The fourth-order valence-corrected chi connectivity index (χ4v) is 3.26. The lowest BCUT2D eigenvalue weighted by Gasteiger charge is -2.16. The van der Waals surface area contributed by atoms with Crippen molar-refractivity contribution in [2.45, 2.75) is 13.8 Å². The van der Waals surface area contributed by atoms with Crippen LogP contribution in [0.1, 0.15) is 21.6 Å². The van der Waals surface area contributed by atoms with Crippen molar-refractivity contribution in [3.63, 3.8) is 0 Å². The number of carbonyl (C=O) groups is 1. The van der Waals surface area contributed by atoms with Crippen LogP contribution in [-0.2, 0) is 0 Å². The van der Waals surface area contributed by atoms with E-state index in [4.69, 9.17) is 24.2 Å². The van der Waals surface area contributed by atoms with Gasteiger partial charge in [-0.3, -0.25) is 0 Å². The van der Waals surface area contributed by atoms with Crippen molar-refractivity contribution in [3.8, 4) is 28.1 Å². The van der Waals surface area contributed by atoms with Gasteiger partial charge in [-0.25, -0.2) is 9.78 Å². The monoisotopic (exact) mass is 377 g/mol. The number of halogens is 1. The van der Waals surface area contributed by atoms with E-state index in [1.807, 2.05) is 32.0 Å². The average molecular weight is 378 g/mol. The number of carboxylic acid groups (broad SMARTS) is 1. The van der Waals surface area contributed by atoms with Gasteiger partial charge in [0.25, 0.3) is 0 Å². The summed E-state index contributed by atoms with van der Waals surface area (Å²) in [5, 5.41) is 9.81. The van der Waals surface area contributed by atoms with Gasteiger partial charge in [0.15, 0.2) is 0 Å². The number of aromatic nitrogens is 1. The number of aromatic carboxylic acids is 1. The van der Waals surface area contributed by atoms with Crippen LogP contribution in [0.2, 0.25) is 5.02 Å². The molecule has 0 atom stereocenters. The van der Waals surface area contributed by atoms with Gasteiger partial charge >= 0.3 is 5.97 Å². The van der Waals surface area contributed by atoms with Crippen LogP contribution < -0.4 is 4.74 Å². The van der Waals surface area contributed by atoms with Crippen LogP contribution in [0, 0.1) is 13.8 Å². The lowest BCUT2D eigenvalue weighted by Crippen LogP contribution is -2.03. The normalized spacial score (nSPS) is 10.6. The maximum atomic E-state index is 11.5. The minimum Gasteiger partial charge on any atom is -0.502 e. The minimum absolute atomic E-state index is 0.0183. The van der Waals surface area contributed by atoms with E-state index in [0.29, 0.717) is 22.0 Å². The highest BCUT2D eigenvalue weighted by molar-refractivity contribution is 6.32. The Kier molecular flexibility index (Phi) is 5.52. The van der Waals surface area contributed by atoms with Crippen molar-refractivity contribution in [3.05, 3.63) is 70.4 Å². The number of benzene rings is 2. The van der Waals surface area contributed by atoms with Crippen molar-refractivity contribution >= 4 is 25.4 Å². The molecule has 0 amide bonds. The molecule has 0 fully saturated rings. The van der Waals surface area contributed by atoms with Gasteiger partial charge < -0.3 is 9.84 Å². The number of rotatable bonds is 5. The maximum Gasteiger partial charge on any atom is 0.354 e. The molecule has 0 aliphatic carbocycles. The van der Waals surface area contributed by atoms with Crippen LogP contribution in [-0.4, -0.2) is 30.4 Å². The Balaban J connectivity index is 2.29. The Morgan fingerprint density at radius 1 is 1.15 bits per heavy atom. The molecule has 3 rings (SSSR count). The third-order valence-corrected chi connectivity index (χ3v) is 4.62. The highest BCUT2D eigenvalue weighted by Crippen LogP contribution is 2.37. The van der Waals surface area contributed by atoms with Crippen LogP contribution in [0.5, 0.6) is 5.75 Å². The van der Waals surface area contributed by atoms with Crippen molar-refractivity contribution < 1.29 is 14.6 Å². The summed E-state index contributed by atoms with van der Waals surface area (Å²) in [6, 6.07) is 14.5. The van der Waals surface area contributed by atoms with E-state index in [1.165, 1.54) is 6.07 Å². The van der Waals surface area contributed by atoms with Gasteiger partial charge in [-0.2, -0.15) is 0 Å². The third-order valence-electron chi connectivity index (χ3n) is 4.31. The first-order valence-electron chi connectivity index (χ1n) is 8.36. The summed E-state index contributed by atoms with van der Waals surface area (Å²) in [4.78, 5) is 15.9. The molecule has 0 saturated heterocycles. The molecule has 1 heterocycles. The SMILES string of the molecule is [B]COc1cc(-c2nc(C(=O)O)ccc2-c2c(C)cccc2C)ccc1Cl. The molecule has 134 valence electrons. The molecule has 0 unspecified atom stereocenters. The van der Waals surface area contributed by atoms with E-state index in [2.05, 4.69) is 4.98 Å². The van der Waals surface area contributed by atoms with Gasteiger partial charge in [0.05, 0.1) is 10.7 Å². The van der Waals surface area contributed by atoms with Gasteiger partial charge in [-0.1, -0.05) is 35.9 Å².